The second-order valence-corrected chi connectivity index (χ2v) is 7.78. The van der Waals surface area contributed by atoms with Gasteiger partial charge in [-0.25, -0.2) is 4.98 Å². The van der Waals surface area contributed by atoms with E-state index in [0.29, 0.717) is 11.4 Å². The lowest BCUT2D eigenvalue weighted by Gasteiger charge is -2.32. The largest absolute Gasteiger partial charge is 0.439 e. The van der Waals surface area contributed by atoms with Gasteiger partial charge >= 0.3 is 0 Å². The van der Waals surface area contributed by atoms with Crippen LogP contribution in [0, 0.1) is 0 Å². The van der Waals surface area contributed by atoms with Crippen LogP contribution >= 0.6 is 0 Å². The lowest BCUT2D eigenvalue weighted by atomic mass is 9.81. The van der Waals surface area contributed by atoms with E-state index in [-0.39, 0.29) is 5.41 Å². The molecule has 3 aromatic rings. The first kappa shape index (κ1) is 16.5. The van der Waals surface area contributed by atoms with Crippen molar-refractivity contribution in [2.45, 2.75) is 24.8 Å². The van der Waals surface area contributed by atoms with E-state index in [1.54, 1.807) is 0 Å². The minimum Gasteiger partial charge on any atom is -0.439 e. The molecule has 0 aliphatic carbocycles. The Morgan fingerprint density at radius 2 is 1.46 bits per heavy atom. The number of hydrogen-bond acceptors (Lipinski definition) is 2. The zero-order chi connectivity index (χ0) is 17.0. The molecule has 0 saturated heterocycles. The molecule has 3 rings (SSSR count). The molecule has 24 heavy (non-hydrogen) atoms. The van der Waals surface area contributed by atoms with Crippen molar-refractivity contribution < 1.29 is 4.74 Å². The van der Waals surface area contributed by atoms with E-state index in [1.807, 2.05) is 42.5 Å². The van der Waals surface area contributed by atoms with Crippen LogP contribution in [-0.2, 0) is 5.41 Å². The lowest BCUT2D eigenvalue weighted by molar-refractivity contribution is 0.439. The summed E-state index contributed by atoms with van der Waals surface area (Å²) >= 11 is 0. The summed E-state index contributed by atoms with van der Waals surface area (Å²) in [5.41, 5.74) is 2.90. The highest BCUT2D eigenvalue weighted by Crippen LogP contribution is 2.36. The summed E-state index contributed by atoms with van der Waals surface area (Å²) in [6.07, 6.45) is 0. The molecule has 0 amide bonds. The van der Waals surface area contributed by atoms with Crippen LogP contribution in [0.4, 0.5) is 0 Å². The molecule has 1 aromatic heterocycles. The van der Waals surface area contributed by atoms with E-state index < -0.39 is 0 Å². The maximum absolute atomic E-state index is 5.90. The van der Waals surface area contributed by atoms with Gasteiger partial charge in [-0.1, -0.05) is 68.4 Å². The molecule has 2 aromatic carbocycles. The molecule has 0 spiro atoms. The number of ether oxygens (including phenoxy) is 1. The van der Waals surface area contributed by atoms with Gasteiger partial charge in [0.05, 0.1) is 5.69 Å². The number of para-hydroxylation sites is 1. The van der Waals surface area contributed by atoms with E-state index in [9.17, 15) is 0 Å². The van der Waals surface area contributed by atoms with Crippen molar-refractivity contribution >= 4 is 10.2 Å². The van der Waals surface area contributed by atoms with E-state index in [2.05, 4.69) is 50.2 Å². The molecular weight excluding hydrogens is 310 g/mol. The Kier molecular flexibility index (Phi) is 4.81. The van der Waals surface area contributed by atoms with E-state index in [1.165, 1.54) is 5.56 Å². The number of nitrogens with zero attached hydrogens (tertiary/aromatic N) is 1. The molecule has 2 nitrogen and oxygen atoms in total. The van der Waals surface area contributed by atoms with Crippen molar-refractivity contribution in [1.82, 2.24) is 4.98 Å². The van der Waals surface area contributed by atoms with Gasteiger partial charge in [0.1, 0.15) is 5.75 Å². The van der Waals surface area contributed by atoms with Crippen LogP contribution in [0.1, 0.15) is 30.6 Å². The van der Waals surface area contributed by atoms with Gasteiger partial charge in [0.25, 0.3) is 0 Å². The summed E-state index contributed by atoms with van der Waals surface area (Å²) in [7, 11) is 1.06. The van der Waals surface area contributed by atoms with Crippen LogP contribution in [0.15, 0.2) is 78.9 Å². The van der Waals surface area contributed by atoms with Gasteiger partial charge in [-0.15, -0.1) is 0 Å². The van der Waals surface area contributed by atoms with Gasteiger partial charge in [0.2, 0.25) is 5.88 Å². The molecule has 1 atom stereocenters. The topological polar surface area (TPSA) is 22.1 Å². The van der Waals surface area contributed by atoms with Gasteiger partial charge in [0, 0.05) is 21.7 Å². The van der Waals surface area contributed by atoms with Gasteiger partial charge in [-0.2, -0.15) is 0 Å². The first-order valence-corrected chi connectivity index (χ1v) is 9.48. The Bertz CT molecular complexity index is 787. The zero-order valence-electron chi connectivity index (χ0n) is 14.4. The maximum atomic E-state index is 5.90. The average molecular weight is 334 g/mol. The Balaban J connectivity index is 1.87. The molecule has 1 unspecified atom stereocenters. The third kappa shape index (κ3) is 3.57. The Morgan fingerprint density at radius 3 is 2.12 bits per heavy atom. The highest BCUT2D eigenvalue weighted by molar-refractivity contribution is 6.13. The number of aromatic nitrogens is 1. The Labute approximate surface area is 147 Å². The van der Waals surface area contributed by atoms with Crippen LogP contribution in [0.3, 0.4) is 0 Å². The van der Waals surface area contributed by atoms with Crippen molar-refractivity contribution in [3.8, 4) is 11.6 Å². The SMILES string of the molecule is CC(C)(c1cccc(Oc2ccccc2)n1)C([SiH3])c1ccccc1. The highest BCUT2D eigenvalue weighted by atomic mass is 28.1. The molecule has 0 aliphatic heterocycles. The summed E-state index contributed by atoms with van der Waals surface area (Å²) in [6.45, 7) is 4.54. The van der Waals surface area contributed by atoms with Crippen molar-refractivity contribution in [3.63, 3.8) is 0 Å². The third-order valence-corrected chi connectivity index (χ3v) is 6.84. The van der Waals surface area contributed by atoms with Crippen LogP contribution in [-0.4, -0.2) is 15.2 Å². The summed E-state index contributed by atoms with van der Waals surface area (Å²) in [5, 5.41) is 0. The van der Waals surface area contributed by atoms with Crippen LogP contribution < -0.4 is 4.74 Å². The standard InChI is InChI=1S/C21H23NOSi/c1-21(2,20(24)16-10-5-3-6-11-16)18-14-9-15-19(22-18)23-17-12-7-4-8-13-17/h3-15,20H,1-2,24H3. The van der Waals surface area contributed by atoms with Gasteiger partial charge in [-0.05, 0) is 29.3 Å². The first-order valence-electron chi connectivity index (χ1n) is 8.33. The Morgan fingerprint density at radius 1 is 0.833 bits per heavy atom. The molecule has 0 fully saturated rings. The number of benzene rings is 2. The molecule has 0 bridgehead atoms. The molecule has 1 heterocycles. The molecule has 0 saturated carbocycles. The average Bonchev–Trinajstić information content (AvgIpc) is 2.63. The van der Waals surface area contributed by atoms with E-state index in [4.69, 9.17) is 9.72 Å². The van der Waals surface area contributed by atoms with Crippen molar-refractivity contribution in [1.29, 1.82) is 0 Å². The minimum atomic E-state index is -0.0381. The first-order chi connectivity index (χ1) is 11.6. The van der Waals surface area contributed by atoms with Crippen LogP contribution in [0.2, 0.25) is 0 Å². The smallest absolute Gasteiger partial charge is 0.219 e. The molecular formula is C21H23NOSi. The van der Waals surface area contributed by atoms with Crippen molar-refractivity contribution in [2.24, 2.45) is 0 Å². The summed E-state index contributed by atoms with van der Waals surface area (Å²) in [6, 6.07) is 26.6. The second kappa shape index (κ2) is 7.01. The lowest BCUT2D eigenvalue weighted by Crippen LogP contribution is -2.28. The Hall–Kier alpha value is -2.39. The van der Waals surface area contributed by atoms with Crippen molar-refractivity contribution in [2.75, 3.05) is 0 Å². The third-order valence-electron chi connectivity index (χ3n) is 4.73. The molecule has 122 valence electrons. The van der Waals surface area contributed by atoms with Gasteiger partial charge < -0.3 is 4.74 Å². The monoisotopic (exact) mass is 333 g/mol. The van der Waals surface area contributed by atoms with Crippen LogP contribution in [0.5, 0.6) is 11.6 Å². The highest BCUT2D eigenvalue weighted by Gasteiger charge is 2.30. The van der Waals surface area contributed by atoms with Gasteiger partial charge in [-0.3, -0.25) is 0 Å². The predicted molar refractivity (Wildman–Crippen MR) is 103 cm³/mol. The number of hydrogen-bond donors (Lipinski definition) is 0. The predicted octanol–water partition coefficient (Wildman–Crippen LogP) is 4.26. The minimum absolute atomic E-state index is 0.0381. The number of pyridine rings is 1. The van der Waals surface area contributed by atoms with Crippen molar-refractivity contribution in [3.05, 3.63) is 90.1 Å². The molecule has 0 aliphatic rings. The normalized spacial score (nSPS) is 12.8. The van der Waals surface area contributed by atoms with E-state index in [0.717, 1.165) is 21.7 Å². The molecule has 3 heteroatoms. The fourth-order valence-electron chi connectivity index (χ4n) is 2.82. The second-order valence-electron chi connectivity index (χ2n) is 6.63. The van der Waals surface area contributed by atoms with Gasteiger partial charge in [0.15, 0.2) is 0 Å². The maximum Gasteiger partial charge on any atom is 0.219 e. The van der Waals surface area contributed by atoms with Crippen LogP contribution in [0.25, 0.3) is 0 Å². The summed E-state index contributed by atoms with van der Waals surface area (Å²) < 4.78 is 5.90. The quantitative estimate of drug-likeness (QED) is 0.651. The number of rotatable bonds is 5. The summed E-state index contributed by atoms with van der Waals surface area (Å²) in [5.74, 6) is 1.46. The molecule has 0 radical (unpaired) electrons. The fourth-order valence-corrected chi connectivity index (χ4v) is 3.50. The summed E-state index contributed by atoms with van der Waals surface area (Å²) in [4.78, 5) is 4.79. The van der Waals surface area contributed by atoms with E-state index >= 15 is 0 Å². The zero-order valence-corrected chi connectivity index (χ0v) is 16.4. The molecule has 0 N–H and O–H groups in total. The fraction of sp³-hybridized carbons (Fsp3) is 0.190.